The maximum absolute atomic E-state index is 12.5. The predicted octanol–water partition coefficient (Wildman–Crippen LogP) is 2.83. The number of para-hydroxylation sites is 1. The van der Waals surface area contributed by atoms with Crippen LogP contribution in [0.4, 0.5) is 5.69 Å². The number of phenols is 1. The lowest BCUT2D eigenvalue weighted by molar-refractivity contribution is 0.458. The molecule has 2 aromatic carbocycles. The second-order valence-electron chi connectivity index (χ2n) is 4.79. The SMILES string of the molecule is Cc1cc(C)cc(N(C)S(=O)(=O)c2ccccc2O)c1. The lowest BCUT2D eigenvalue weighted by Crippen LogP contribution is -2.26. The third kappa shape index (κ3) is 2.63. The van der Waals surface area contributed by atoms with Gasteiger partial charge in [-0.05, 0) is 49.2 Å². The molecule has 0 radical (unpaired) electrons. The van der Waals surface area contributed by atoms with Gasteiger partial charge in [-0.2, -0.15) is 0 Å². The van der Waals surface area contributed by atoms with Crippen molar-refractivity contribution < 1.29 is 13.5 Å². The molecule has 0 aliphatic carbocycles. The Morgan fingerprint density at radius 2 is 1.55 bits per heavy atom. The third-order valence-electron chi connectivity index (χ3n) is 3.07. The fourth-order valence-electron chi connectivity index (χ4n) is 2.09. The van der Waals surface area contributed by atoms with Gasteiger partial charge in [0.2, 0.25) is 0 Å². The van der Waals surface area contributed by atoms with Crippen molar-refractivity contribution in [2.45, 2.75) is 18.7 Å². The number of rotatable bonds is 3. The standard InChI is InChI=1S/C15H17NO3S/c1-11-8-12(2)10-13(9-11)16(3)20(18,19)15-7-5-4-6-14(15)17/h4-10,17H,1-3H3. The van der Waals surface area contributed by atoms with Crippen molar-refractivity contribution >= 4 is 15.7 Å². The van der Waals surface area contributed by atoms with Crippen molar-refractivity contribution in [3.8, 4) is 5.75 Å². The van der Waals surface area contributed by atoms with Crippen LogP contribution in [0.3, 0.4) is 0 Å². The van der Waals surface area contributed by atoms with Crippen molar-refractivity contribution in [3.05, 3.63) is 53.6 Å². The van der Waals surface area contributed by atoms with E-state index >= 15 is 0 Å². The topological polar surface area (TPSA) is 57.6 Å². The van der Waals surface area contributed by atoms with Gasteiger partial charge in [0, 0.05) is 7.05 Å². The Labute approximate surface area is 119 Å². The second-order valence-corrected chi connectivity index (χ2v) is 6.72. The molecule has 0 fully saturated rings. The third-order valence-corrected chi connectivity index (χ3v) is 4.91. The molecule has 1 N–H and O–H groups in total. The Balaban J connectivity index is 2.52. The molecule has 4 nitrogen and oxygen atoms in total. The summed E-state index contributed by atoms with van der Waals surface area (Å²) in [7, 11) is -2.29. The lowest BCUT2D eigenvalue weighted by Gasteiger charge is -2.21. The molecule has 0 heterocycles. The van der Waals surface area contributed by atoms with E-state index in [-0.39, 0.29) is 10.6 Å². The van der Waals surface area contributed by atoms with Crippen LogP contribution in [0.25, 0.3) is 0 Å². The minimum atomic E-state index is -3.77. The summed E-state index contributed by atoms with van der Waals surface area (Å²) in [4.78, 5) is -0.0957. The molecular weight excluding hydrogens is 274 g/mol. The molecule has 0 aliphatic heterocycles. The summed E-state index contributed by atoms with van der Waals surface area (Å²) in [6.45, 7) is 3.83. The van der Waals surface area contributed by atoms with E-state index in [1.54, 1.807) is 24.3 Å². The molecule has 0 bridgehead atoms. The van der Waals surface area contributed by atoms with Gasteiger partial charge in [-0.25, -0.2) is 8.42 Å². The van der Waals surface area contributed by atoms with E-state index in [4.69, 9.17) is 0 Å². The first-order chi connectivity index (χ1) is 9.32. The van der Waals surface area contributed by atoms with Gasteiger partial charge in [-0.1, -0.05) is 18.2 Å². The number of aryl methyl sites for hydroxylation is 2. The van der Waals surface area contributed by atoms with E-state index in [2.05, 4.69) is 0 Å². The predicted molar refractivity (Wildman–Crippen MR) is 79.6 cm³/mol. The average Bonchev–Trinajstić information content (AvgIpc) is 2.37. The van der Waals surface area contributed by atoms with Crippen LogP contribution in [0.5, 0.6) is 5.75 Å². The molecule has 0 saturated carbocycles. The van der Waals surface area contributed by atoms with E-state index in [9.17, 15) is 13.5 Å². The molecule has 0 aliphatic rings. The highest BCUT2D eigenvalue weighted by Crippen LogP contribution is 2.28. The fraction of sp³-hybridized carbons (Fsp3) is 0.200. The van der Waals surface area contributed by atoms with Crippen LogP contribution in [-0.4, -0.2) is 20.6 Å². The van der Waals surface area contributed by atoms with Gasteiger partial charge in [-0.15, -0.1) is 0 Å². The van der Waals surface area contributed by atoms with Gasteiger partial charge in [0.05, 0.1) is 5.69 Å². The van der Waals surface area contributed by atoms with E-state index in [0.717, 1.165) is 11.1 Å². The van der Waals surface area contributed by atoms with Crippen molar-refractivity contribution in [2.24, 2.45) is 0 Å². The highest BCUT2D eigenvalue weighted by atomic mass is 32.2. The molecule has 106 valence electrons. The fourth-order valence-corrected chi connectivity index (χ4v) is 3.35. The molecule has 5 heteroatoms. The zero-order chi connectivity index (χ0) is 14.9. The number of hydrogen-bond donors (Lipinski definition) is 1. The number of anilines is 1. The molecule has 0 saturated heterocycles. The average molecular weight is 291 g/mol. The molecule has 2 aromatic rings. The quantitative estimate of drug-likeness (QED) is 0.946. The normalized spacial score (nSPS) is 11.3. The van der Waals surface area contributed by atoms with Crippen LogP contribution in [0, 0.1) is 13.8 Å². The van der Waals surface area contributed by atoms with E-state index < -0.39 is 10.0 Å². The number of phenolic OH excluding ortho intramolecular Hbond substituents is 1. The lowest BCUT2D eigenvalue weighted by atomic mass is 10.1. The smallest absolute Gasteiger partial charge is 0.267 e. The maximum atomic E-state index is 12.5. The van der Waals surface area contributed by atoms with Gasteiger partial charge < -0.3 is 5.11 Å². The maximum Gasteiger partial charge on any atom is 0.267 e. The van der Waals surface area contributed by atoms with E-state index in [0.29, 0.717) is 5.69 Å². The highest BCUT2D eigenvalue weighted by molar-refractivity contribution is 7.92. The van der Waals surface area contributed by atoms with Crippen LogP contribution in [0.15, 0.2) is 47.4 Å². The van der Waals surface area contributed by atoms with Crippen LogP contribution < -0.4 is 4.31 Å². The first-order valence-corrected chi connectivity index (χ1v) is 7.61. The highest BCUT2D eigenvalue weighted by Gasteiger charge is 2.24. The molecule has 0 spiro atoms. The number of hydrogen-bond acceptors (Lipinski definition) is 3. The summed E-state index contributed by atoms with van der Waals surface area (Å²) >= 11 is 0. The van der Waals surface area contributed by atoms with E-state index in [1.807, 2.05) is 19.9 Å². The van der Waals surface area contributed by atoms with Gasteiger partial charge >= 0.3 is 0 Å². The molecule has 0 unspecified atom stereocenters. The largest absolute Gasteiger partial charge is 0.507 e. The van der Waals surface area contributed by atoms with Crippen LogP contribution >= 0.6 is 0 Å². The molecule has 0 aromatic heterocycles. The van der Waals surface area contributed by atoms with Gasteiger partial charge in [0.25, 0.3) is 10.0 Å². The number of nitrogens with zero attached hydrogens (tertiary/aromatic N) is 1. The molecule has 20 heavy (non-hydrogen) atoms. The second kappa shape index (κ2) is 5.17. The zero-order valence-electron chi connectivity index (χ0n) is 11.7. The minimum absolute atomic E-state index is 0.0957. The molecule has 0 atom stereocenters. The summed E-state index contributed by atoms with van der Waals surface area (Å²) in [5.41, 5.74) is 2.55. The number of aromatic hydroxyl groups is 1. The molecule has 2 rings (SSSR count). The summed E-state index contributed by atoms with van der Waals surface area (Å²) in [5, 5.41) is 9.75. The summed E-state index contributed by atoms with van der Waals surface area (Å²) in [6.07, 6.45) is 0. The Bertz CT molecular complexity index is 718. The summed E-state index contributed by atoms with van der Waals surface area (Å²) in [5.74, 6) is -0.247. The Morgan fingerprint density at radius 3 is 2.10 bits per heavy atom. The Hall–Kier alpha value is -2.01. The summed E-state index contributed by atoms with van der Waals surface area (Å²) in [6, 6.07) is 11.5. The van der Waals surface area contributed by atoms with E-state index in [1.165, 1.54) is 23.5 Å². The molecule has 0 amide bonds. The van der Waals surface area contributed by atoms with Crippen molar-refractivity contribution in [1.82, 2.24) is 0 Å². The van der Waals surface area contributed by atoms with Crippen LogP contribution in [0.1, 0.15) is 11.1 Å². The first-order valence-electron chi connectivity index (χ1n) is 6.17. The van der Waals surface area contributed by atoms with Crippen molar-refractivity contribution in [1.29, 1.82) is 0 Å². The van der Waals surface area contributed by atoms with Gasteiger partial charge in [0.15, 0.2) is 0 Å². The Morgan fingerprint density at radius 1 is 1.00 bits per heavy atom. The monoisotopic (exact) mass is 291 g/mol. The first kappa shape index (κ1) is 14.4. The number of sulfonamides is 1. The summed E-state index contributed by atoms with van der Waals surface area (Å²) < 4.78 is 26.3. The zero-order valence-corrected chi connectivity index (χ0v) is 12.5. The van der Waals surface area contributed by atoms with Crippen LogP contribution in [-0.2, 0) is 10.0 Å². The van der Waals surface area contributed by atoms with Gasteiger partial charge in [-0.3, -0.25) is 4.31 Å². The van der Waals surface area contributed by atoms with Crippen molar-refractivity contribution in [2.75, 3.05) is 11.4 Å². The van der Waals surface area contributed by atoms with Crippen LogP contribution in [0.2, 0.25) is 0 Å². The number of benzene rings is 2. The van der Waals surface area contributed by atoms with Gasteiger partial charge in [0.1, 0.15) is 10.6 Å². The molecular formula is C15H17NO3S. The minimum Gasteiger partial charge on any atom is -0.507 e. The van der Waals surface area contributed by atoms with Crippen molar-refractivity contribution in [3.63, 3.8) is 0 Å². The Kier molecular flexibility index (Phi) is 3.72.